The number of ketones is 2. The van der Waals surface area contributed by atoms with Crippen LogP contribution in [0.15, 0.2) is 183 Å². The maximum atomic E-state index is 11.8. The second-order valence-electron chi connectivity index (χ2n) is 16.4. The first-order valence-electron chi connectivity index (χ1n) is 20.9. The fourth-order valence-electron chi connectivity index (χ4n) is 8.39. The molecule has 60 heavy (non-hydrogen) atoms. The van der Waals surface area contributed by atoms with Crippen molar-refractivity contribution in [3.05, 3.63) is 250 Å². The topological polar surface area (TPSA) is 34.1 Å². The van der Waals surface area contributed by atoms with E-state index in [2.05, 4.69) is 160 Å². The summed E-state index contributed by atoms with van der Waals surface area (Å²) in [6.07, 6.45) is 6.90. The molecule has 0 aromatic heterocycles. The predicted octanol–water partition coefficient (Wildman–Crippen LogP) is 13.2. The molecule has 0 bridgehead atoms. The van der Waals surface area contributed by atoms with Gasteiger partial charge in [-0.1, -0.05) is 182 Å². The van der Waals surface area contributed by atoms with Crippen molar-refractivity contribution in [2.75, 3.05) is 0 Å². The van der Waals surface area contributed by atoms with Crippen molar-refractivity contribution < 1.29 is 9.59 Å². The number of aryl methyl sites for hydroxylation is 2. The van der Waals surface area contributed by atoms with Gasteiger partial charge in [0.15, 0.2) is 11.6 Å². The SMILES string of the molecule is C=CC(=O)Cc1ccc(Cc2ccc(Cc3cc(-c4c(Cc5ccc(Cc6ccc(CC(=O)C=C)cc6)cc5)ccc5cc(C)ccc45)c4ccc(C)cc4c3)cc2)cc1. The third-order valence-electron chi connectivity index (χ3n) is 11.6. The van der Waals surface area contributed by atoms with Gasteiger partial charge in [-0.05, 0) is 140 Å². The van der Waals surface area contributed by atoms with Crippen LogP contribution in [0.5, 0.6) is 0 Å². The molecule has 0 spiro atoms. The zero-order chi connectivity index (χ0) is 41.6. The molecule has 0 unspecified atom stereocenters. The number of carbonyl (C=O) groups is 2. The minimum absolute atomic E-state index is 0.0389. The molecule has 8 rings (SSSR count). The van der Waals surface area contributed by atoms with Crippen LogP contribution in [0.1, 0.15) is 66.8 Å². The highest BCUT2D eigenvalue weighted by molar-refractivity contribution is 6.07. The van der Waals surface area contributed by atoms with Crippen molar-refractivity contribution >= 4 is 33.1 Å². The quantitative estimate of drug-likeness (QED) is 0.0972. The molecule has 0 aliphatic rings. The van der Waals surface area contributed by atoms with E-state index in [0.29, 0.717) is 12.8 Å². The van der Waals surface area contributed by atoms with E-state index in [0.717, 1.165) is 36.8 Å². The zero-order valence-electron chi connectivity index (χ0n) is 34.6. The Morgan fingerprint density at radius 3 is 1.27 bits per heavy atom. The lowest BCUT2D eigenvalue weighted by Gasteiger charge is -2.18. The summed E-state index contributed by atoms with van der Waals surface area (Å²) in [5, 5.41) is 5.06. The molecule has 0 N–H and O–H groups in total. The van der Waals surface area contributed by atoms with Crippen molar-refractivity contribution in [3.8, 4) is 11.1 Å². The van der Waals surface area contributed by atoms with E-state index in [4.69, 9.17) is 0 Å². The van der Waals surface area contributed by atoms with E-state index in [-0.39, 0.29) is 11.6 Å². The molecule has 0 saturated heterocycles. The van der Waals surface area contributed by atoms with Crippen molar-refractivity contribution in [2.45, 2.75) is 52.4 Å². The van der Waals surface area contributed by atoms with Gasteiger partial charge in [0.1, 0.15) is 0 Å². The molecular formula is C58H50O2. The maximum absolute atomic E-state index is 11.8. The summed E-state index contributed by atoms with van der Waals surface area (Å²) >= 11 is 0. The Hall–Kier alpha value is -6.90. The van der Waals surface area contributed by atoms with Crippen molar-refractivity contribution in [1.82, 2.24) is 0 Å². The number of hydrogen-bond acceptors (Lipinski definition) is 2. The van der Waals surface area contributed by atoms with E-state index in [1.54, 1.807) is 0 Å². The van der Waals surface area contributed by atoms with E-state index < -0.39 is 0 Å². The average molecular weight is 779 g/mol. The fraction of sp³-hybridized carbons (Fsp3) is 0.138. The molecule has 0 radical (unpaired) electrons. The highest BCUT2D eigenvalue weighted by Gasteiger charge is 2.16. The van der Waals surface area contributed by atoms with Gasteiger partial charge in [0.05, 0.1) is 0 Å². The van der Waals surface area contributed by atoms with Crippen LogP contribution >= 0.6 is 0 Å². The normalized spacial score (nSPS) is 11.2. The molecule has 8 aromatic carbocycles. The summed E-state index contributed by atoms with van der Waals surface area (Å²) < 4.78 is 0. The molecule has 0 heterocycles. The lowest BCUT2D eigenvalue weighted by atomic mass is 9.85. The molecule has 0 atom stereocenters. The maximum Gasteiger partial charge on any atom is 0.159 e. The van der Waals surface area contributed by atoms with Crippen molar-refractivity contribution in [2.24, 2.45) is 0 Å². The van der Waals surface area contributed by atoms with E-state index in [1.807, 2.05) is 24.3 Å². The van der Waals surface area contributed by atoms with Gasteiger partial charge >= 0.3 is 0 Å². The van der Waals surface area contributed by atoms with Gasteiger partial charge in [-0.2, -0.15) is 0 Å². The van der Waals surface area contributed by atoms with E-state index >= 15 is 0 Å². The van der Waals surface area contributed by atoms with Gasteiger partial charge in [0.2, 0.25) is 0 Å². The van der Waals surface area contributed by atoms with Gasteiger partial charge in [0.25, 0.3) is 0 Å². The third-order valence-corrected chi connectivity index (χ3v) is 11.6. The Labute approximate surface area is 354 Å². The first-order chi connectivity index (χ1) is 29.2. The first kappa shape index (κ1) is 39.9. The number of fused-ring (bicyclic) bond motifs is 2. The molecule has 294 valence electrons. The van der Waals surface area contributed by atoms with Crippen LogP contribution in [0.3, 0.4) is 0 Å². The van der Waals surface area contributed by atoms with Crippen LogP contribution < -0.4 is 0 Å². The Kier molecular flexibility index (Phi) is 11.9. The summed E-state index contributed by atoms with van der Waals surface area (Å²) in [4.78, 5) is 23.6. The highest BCUT2D eigenvalue weighted by atomic mass is 16.1. The van der Waals surface area contributed by atoms with Gasteiger partial charge in [0, 0.05) is 12.8 Å². The van der Waals surface area contributed by atoms with Crippen LogP contribution in [0.4, 0.5) is 0 Å². The first-order valence-corrected chi connectivity index (χ1v) is 20.9. The molecule has 0 saturated carbocycles. The van der Waals surface area contributed by atoms with Gasteiger partial charge < -0.3 is 0 Å². The molecule has 2 heteroatoms. The lowest BCUT2D eigenvalue weighted by molar-refractivity contribution is -0.114. The van der Waals surface area contributed by atoms with Crippen LogP contribution in [0.25, 0.3) is 32.7 Å². The summed E-state index contributed by atoms with van der Waals surface area (Å²) in [6, 6.07) is 57.9. The van der Waals surface area contributed by atoms with Crippen molar-refractivity contribution in [1.29, 1.82) is 0 Å². The number of carbonyl (C=O) groups excluding carboxylic acids is 2. The average Bonchev–Trinajstić information content (AvgIpc) is 3.26. The second-order valence-corrected chi connectivity index (χ2v) is 16.4. The standard InChI is InChI=1S/C58H50O2/c1-5-53(59)36-47-21-15-43(16-22-47)31-41-9-11-45(12-10-41)33-49-35-52-30-40(4)7-27-55(52)57(38-49)58-51(26-25-50-29-39(3)8-28-56(50)58)34-46-19-13-42(14-20-46)32-44-17-23-48(24-18-44)37-54(60)6-2/h5-30,35,38H,1-2,31-34,36-37H2,3-4H3. The predicted molar refractivity (Wildman–Crippen MR) is 251 cm³/mol. The number of benzene rings is 8. The molecule has 2 nitrogen and oxygen atoms in total. The summed E-state index contributed by atoms with van der Waals surface area (Å²) in [7, 11) is 0. The molecule has 0 aliphatic heterocycles. The van der Waals surface area contributed by atoms with E-state index in [9.17, 15) is 9.59 Å². The summed E-state index contributed by atoms with van der Waals surface area (Å²) in [6.45, 7) is 11.5. The minimum atomic E-state index is 0.0389. The number of allylic oxidation sites excluding steroid dienone is 2. The Morgan fingerprint density at radius 1 is 0.400 bits per heavy atom. The van der Waals surface area contributed by atoms with Gasteiger partial charge in [-0.15, -0.1) is 0 Å². The summed E-state index contributed by atoms with van der Waals surface area (Å²) in [5.41, 5.74) is 17.3. The Bertz CT molecular complexity index is 2860. The van der Waals surface area contributed by atoms with Crippen molar-refractivity contribution in [3.63, 3.8) is 0 Å². The Morgan fingerprint density at radius 2 is 0.800 bits per heavy atom. The minimum Gasteiger partial charge on any atom is -0.295 e. The fourth-order valence-corrected chi connectivity index (χ4v) is 8.39. The van der Waals surface area contributed by atoms with Gasteiger partial charge in [-0.25, -0.2) is 0 Å². The molecule has 0 fully saturated rings. The summed E-state index contributed by atoms with van der Waals surface area (Å²) in [5.74, 6) is 0.0784. The molecule has 0 amide bonds. The Balaban J connectivity index is 1.08. The monoisotopic (exact) mass is 778 g/mol. The number of hydrogen-bond donors (Lipinski definition) is 0. The van der Waals surface area contributed by atoms with Crippen LogP contribution in [0, 0.1) is 13.8 Å². The van der Waals surface area contributed by atoms with Crippen LogP contribution in [-0.2, 0) is 48.1 Å². The van der Waals surface area contributed by atoms with Crippen LogP contribution in [-0.4, -0.2) is 11.6 Å². The third kappa shape index (κ3) is 9.52. The molecule has 8 aromatic rings. The number of rotatable bonds is 15. The smallest absolute Gasteiger partial charge is 0.159 e. The molecule has 0 aliphatic carbocycles. The highest BCUT2D eigenvalue weighted by Crippen LogP contribution is 2.39. The zero-order valence-corrected chi connectivity index (χ0v) is 34.6. The van der Waals surface area contributed by atoms with Gasteiger partial charge in [-0.3, -0.25) is 9.59 Å². The van der Waals surface area contributed by atoms with Crippen LogP contribution in [0.2, 0.25) is 0 Å². The lowest BCUT2D eigenvalue weighted by Crippen LogP contribution is -1.99. The van der Waals surface area contributed by atoms with E-state index in [1.165, 1.54) is 100 Å². The second kappa shape index (κ2) is 17.9. The largest absolute Gasteiger partial charge is 0.295 e. The molecular weight excluding hydrogens is 729 g/mol.